The van der Waals surface area contributed by atoms with Gasteiger partial charge in [0.2, 0.25) is 0 Å². The number of carboxylic acids is 1. The number of rotatable bonds is 2. The zero-order chi connectivity index (χ0) is 16.8. The summed E-state index contributed by atoms with van der Waals surface area (Å²) in [6, 6.07) is 11.4. The lowest BCUT2D eigenvalue weighted by Crippen LogP contribution is -2.04. The topological polar surface area (TPSA) is 42.2 Å². The first-order valence-electron chi connectivity index (χ1n) is 6.78. The summed E-state index contributed by atoms with van der Waals surface area (Å²) in [6.07, 6.45) is -4.41. The Bertz CT molecular complexity index is 910. The molecule has 6 heteroatoms. The highest BCUT2D eigenvalue weighted by atomic mass is 19.4. The standard InChI is InChI=1S/C17H12F3NO2/c1-21-14(10-3-2-4-13(7-10)17(18,19)20)8-11-5-6-12(16(22)23)9-15(11)21/h2-9H,1H3,(H,22,23). The summed E-state index contributed by atoms with van der Waals surface area (Å²) in [5, 5.41) is 9.82. The van der Waals surface area contributed by atoms with E-state index in [4.69, 9.17) is 5.11 Å². The molecule has 1 aromatic heterocycles. The van der Waals surface area contributed by atoms with Gasteiger partial charge in [0, 0.05) is 23.6 Å². The molecule has 3 aromatic rings. The Hall–Kier alpha value is -2.76. The van der Waals surface area contributed by atoms with E-state index in [1.165, 1.54) is 18.2 Å². The molecule has 3 rings (SSSR count). The number of alkyl halides is 3. The molecular formula is C17H12F3NO2. The molecule has 0 amide bonds. The number of hydrogen-bond acceptors (Lipinski definition) is 1. The Kier molecular flexibility index (Phi) is 3.39. The molecule has 2 aromatic carbocycles. The monoisotopic (exact) mass is 319 g/mol. The molecule has 3 nitrogen and oxygen atoms in total. The van der Waals surface area contributed by atoms with Crippen molar-refractivity contribution in [1.29, 1.82) is 0 Å². The molecule has 1 N–H and O–H groups in total. The van der Waals surface area contributed by atoms with E-state index in [1.807, 2.05) is 0 Å². The maximum atomic E-state index is 12.9. The molecule has 23 heavy (non-hydrogen) atoms. The highest BCUT2D eigenvalue weighted by Gasteiger charge is 2.30. The van der Waals surface area contributed by atoms with Gasteiger partial charge in [-0.25, -0.2) is 4.79 Å². The quantitative estimate of drug-likeness (QED) is 0.752. The number of benzene rings is 2. The predicted molar refractivity (Wildman–Crippen MR) is 80.3 cm³/mol. The summed E-state index contributed by atoms with van der Waals surface area (Å²) < 4.78 is 40.3. The van der Waals surface area contributed by atoms with Crippen molar-refractivity contribution >= 4 is 16.9 Å². The van der Waals surface area contributed by atoms with Crippen LogP contribution >= 0.6 is 0 Å². The normalized spacial score (nSPS) is 11.8. The highest BCUT2D eigenvalue weighted by molar-refractivity contribution is 5.95. The van der Waals surface area contributed by atoms with Crippen molar-refractivity contribution in [1.82, 2.24) is 4.57 Å². The summed E-state index contributed by atoms with van der Waals surface area (Å²) in [7, 11) is 1.70. The van der Waals surface area contributed by atoms with Crippen LogP contribution in [0, 0.1) is 0 Å². The molecule has 118 valence electrons. The molecule has 0 fully saturated rings. The average Bonchev–Trinajstić information content (AvgIpc) is 2.83. The zero-order valence-electron chi connectivity index (χ0n) is 12.1. The van der Waals surface area contributed by atoms with Crippen molar-refractivity contribution < 1.29 is 23.1 Å². The molecule has 0 aliphatic rings. The molecule has 0 saturated carbocycles. The van der Waals surface area contributed by atoms with Gasteiger partial charge in [0.1, 0.15) is 0 Å². The lowest BCUT2D eigenvalue weighted by atomic mass is 10.1. The van der Waals surface area contributed by atoms with Crippen molar-refractivity contribution in [3.8, 4) is 11.3 Å². The van der Waals surface area contributed by atoms with E-state index in [1.54, 1.807) is 29.8 Å². The molecular weight excluding hydrogens is 307 g/mol. The maximum Gasteiger partial charge on any atom is 0.416 e. The van der Waals surface area contributed by atoms with Crippen molar-refractivity contribution in [2.24, 2.45) is 7.05 Å². The van der Waals surface area contributed by atoms with Crippen LogP contribution in [0.3, 0.4) is 0 Å². The molecule has 0 bridgehead atoms. The molecule has 0 spiro atoms. The minimum Gasteiger partial charge on any atom is -0.478 e. The third kappa shape index (κ3) is 2.67. The second-order valence-electron chi connectivity index (χ2n) is 5.25. The van der Waals surface area contributed by atoms with Gasteiger partial charge in [0.15, 0.2) is 0 Å². The average molecular weight is 319 g/mol. The summed E-state index contributed by atoms with van der Waals surface area (Å²) in [4.78, 5) is 11.1. The Morgan fingerprint density at radius 2 is 1.83 bits per heavy atom. The summed E-state index contributed by atoms with van der Waals surface area (Å²) in [6.45, 7) is 0. The summed E-state index contributed by atoms with van der Waals surface area (Å²) in [5.41, 5.74) is 1.09. The number of nitrogens with zero attached hydrogens (tertiary/aromatic N) is 1. The number of aromatic carboxylic acids is 1. The smallest absolute Gasteiger partial charge is 0.416 e. The van der Waals surface area contributed by atoms with E-state index in [-0.39, 0.29) is 5.56 Å². The molecule has 0 saturated heterocycles. The molecule has 0 unspecified atom stereocenters. The predicted octanol–water partition coefficient (Wildman–Crippen LogP) is 4.56. The van der Waals surface area contributed by atoms with Crippen LogP contribution in [0.1, 0.15) is 15.9 Å². The van der Waals surface area contributed by atoms with E-state index >= 15 is 0 Å². The van der Waals surface area contributed by atoms with Gasteiger partial charge in [0.25, 0.3) is 0 Å². The van der Waals surface area contributed by atoms with Crippen molar-refractivity contribution in [2.75, 3.05) is 0 Å². The number of carboxylic acid groups (broad SMARTS) is 1. The molecule has 0 aliphatic carbocycles. The largest absolute Gasteiger partial charge is 0.478 e. The fourth-order valence-electron chi connectivity index (χ4n) is 2.59. The Labute approximate surface area is 129 Å². The van der Waals surface area contributed by atoms with Gasteiger partial charge < -0.3 is 9.67 Å². The van der Waals surface area contributed by atoms with Gasteiger partial charge in [-0.2, -0.15) is 13.2 Å². The van der Waals surface area contributed by atoms with Gasteiger partial charge >= 0.3 is 12.1 Å². The van der Waals surface area contributed by atoms with E-state index in [2.05, 4.69) is 0 Å². The Morgan fingerprint density at radius 1 is 1.09 bits per heavy atom. The maximum absolute atomic E-state index is 12.9. The lowest BCUT2D eigenvalue weighted by molar-refractivity contribution is -0.137. The van der Waals surface area contributed by atoms with Crippen LogP contribution in [0.4, 0.5) is 13.2 Å². The number of carbonyl (C=O) groups is 1. The molecule has 1 heterocycles. The number of aromatic nitrogens is 1. The summed E-state index contributed by atoms with van der Waals surface area (Å²) >= 11 is 0. The minimum atomic E-state index is -4.41. The van der Waals surface area contributed by atoms with Crippen LogP contribution in [0.2, 0.25) is 0 Å². The van der Waals surface area contributed by atoms with Gasteiger partial charge in [0.05, 0.1) is 11.1 Å². The number of aryl methyl sites for hydroxylation is 1. The van der Waals surface area contributed by atoms with E-state index in [9.17, 15) is 18.0 Å². The number of halogens is 3. The fourth-order valence-corrected chi connectivity index (χ4v) is 2.59. The molecule has 0 atom stereocenters. The van der Waals surface area contributed by atoms with E-state index < -0.39 is 17.7 Å². The van der Waals surface area contributed by atoms with Crippen LogP contribution in [-0.4, -0.2) is 15.6 Å². The Morgan fingerprint density at radius 3 is 2.48 bits per heavy atom. The third-order valence-corrected chi connectivity index (χ3v) is 3.78. The van der Waals surface area contributed by atoms with Crippen LogP contribution in [0.15, 0.2) is 48.5 Å². The fraction of sp³-hybridized carbons (Fsp3) is 0.118. The van der Waals surface area contributed by atoms with Crippen molar-refractivity contribution in [3.05, 3.63) is 59.7 Å². The lowest BCUT2D eigenvalue weighted by Gasteiger charge is -2.09. The first kappa shape index (κ1) is 15.1. The second kappa shape index (κ2) is 5.15. The zero-order valence-corrected chi connectivity index (χ0v) is 12.1. The highest BCUT2D eigenvalue weighted by Crippen LogP contribution is 2.34. The van der Waals surface area contributed by atoms with Gasteiger partial charge in [-0.15, -0.1) is 0 Å². The SMILES string of the molecule is Cn1c(-c2cccc(C(F)(F)F)c2)cc2ccc(C(=O)O)cc21. The van der Waals surface area contributed by atoms with Crippen molar-refractivity contribution in [3.63, 3.8) is 0 Å². The molecule has 0 radical (unpaired) electrons. The van der Waals surface area contributed by atoms with E-state index in [0.717, 1.165) is 17.5 Å². The van der Waals surface area contributed by atoms with Crippen LogP contribution in [0.5, 0.6) is 0 Å². The van der Waals surface area contributed by atoms with Gasteiger partial charge in [-0.05, 0) is 35.9 Å². The van der Waals surface area contributed by atoms with Crippen LogP contribution < -0.4 is 0 Å². The summed E-state index contributed by atoms with van der Waals surface area (Å²) in [5.74, 6) is -1.05. The van der Waals surface area contributed by atoms with Gasteiger partial charge in [-0.1, -0.05) is 18.2 Å². The minimum absolute atomic E-state index is 0.134. The van der Waals surface area contributed by atoms with Crippen LogP contribution in [-0.2, 0) is 13.2 Å². The first-order valence-corrected chi connectivity index (χ1v) is 6.78. The Balaban J connectivity index is 2.17. The van der Waals surface area contributed by atoms with Crippen molar-refractivity contribution in [2.45, 2.75) is 6.18 Å². The van der Waals surface area contributed by atoms with E-state index in [0.29, 0.717) is 16.8 Å². The number of fused-ring (bicyclic) bond motifs is 1. The molecule has 0 aliphatic heterocycles. The van der Waals surface area contributed by atoms with Crippen LogP contribution in [0.25, 0.3) is 22.2 Å². The van der Waals surface area contributed by atoms with Gasteiger partial charge in [-0.3, -0.25) is 0 Å². The number of hydrogen-bond donors (Lipinski definition) is 1. The first-order chi connectivity index (χ1) is 10.8. The third-order valence-electron chi connectivity index (χ3n) is 3.78. The second-order valence-corrected chi connectivity index (χ2v) is 5.25.